The molecule has 0 saturated heterocycles. The molecule has 0 radical (unpaired) electrons. The van der Waals surface area contributed by atoms with E-state index in [1.54, 1.807) is 13.8 Å². The molecule has 1 aromatic carbocycles. The average Bonchev–Trinajstić information content (AvgIpc) is 3.00. The lowest BCUT2D eigenvalue weighted by atomic mass is 9.86. The molecule has 1 aromatic heterocycles. The van der Waals surface area contributed by atoms with Crippen LogP contribution in [0.15, 0.2) is 4.63 Å². The third kappa shape index (κ3) is 2.83. The van der Waals surface area contributed by atoms with Crippen LogP contribution in [0.5, 0.6) is 11.5 Å². The van der Waals surface area contributed by atoms with Gasteiger partial charge in [-0.25, -0.2) is 4.63 Å². The Bertz CT molecular complexity index is 843. The lowest BCUT2D eigenvalue weighted by Crippen LogP contribution is -2.50. The Morgan fingerprint density at radius 2 is 1.92 bits per heavy atom. The van der Waals surface area contributed by atoms with E-state index in [2.05, 4.69) is 20.3 Å². The summed E-state index contributed by atoms with van der Waals surface area (Å²) in [6.07, 6.45) is 1.20. The Morgan fingerprint density at radius 1 is 1.20 bits per heavy atom. The summed E-state index contributed by atoms with van der Waals surface area (Å²) in [5.41, 5.74) is 3.73. The third-order valence-electron chi connectivity index (χ3n) is 5.16. The summed E-state index contributed by atoms with van der Waals surface area (Å²) in [5.74, 6) is 0.807. The van der Waals surface area contributed by atoms with E-state index >= 15 is 0 Å². The van der Waals surface area contributed by atoms with E-state index in [-0.39, 0.29) is 12.5 Å². The first kappa shape index (κ1) is 17.3. The van der Waals surface area contributed by atoms with Crippen LogP contribution in [0.4, 0.5) is 0 Å². The number of carbonyl (C=O) groups is 1. The highest BCUT2D eigenvalue weighted by Gasteiger charge is 2.40. The van der Waals surface area contributed by atoms with Gasteiger partial charge in [0.2, 0.25) is 0 Å². The number of benzene rings is 1. The fourth-order valence-electron chi connectivity index (χ4n) is 3.17. The average molecular weight is 345 g/mol. The van der Waals surface area contributed by atoms with Gasteiger partial charge in [-0.15, -0.1) is 0 Å². The predicted molar refractivity (Wildman–Crippen MR) is 90.6 cm³/mol. The van der Waals surface area contributed by atoms with E-state index in [0.717, 1.165) is 22.3 Å². The molecule has 25 heavy (non-hydrogen) atoms. The van der Waals surface area contributed by atoms with E-state index < -0.39 is 5.60 Å². The number of amides is 1. The summed E-state index contributed by atoms with van der Waals surface area (Å²) in [6.45, 7) is 9.44. The lowest BCUT2D eigenvalue weighted by Gasteiger charge is -2.36. The Labute approximate surface area is 146 Å². The molecule has 1 amide bonds. The number of aryl methyl sites for hydroxylation is 1. The third-order valence-corrected chi connectivity index (χ3v) is 5.16. The van der Waals surface area contributed by atoms with Crippen molar-refractivity contribution < 1.29 is 19.3 Å². The predicted octanol–water partition coefficient (Wildman–Crippen LogP) is 2.41. The number of nitrogens with zero attached hydrogens (tertiary/aromatic N) is 2. The molecule has 0 unspecified atom stereocenters. The number of ether oxygens (including phenoxy) is 1. The number of fused-ring (bicyclic) bond motifs is 1. The first-order valence-electron chi connectivity index (χ1n) is 8.31. The minimum atomic E-state index is -0.974. The molecule has 0 saturated carbocycles. The van der Waals surface area contributed by atoms with Gasteiger partial charge in [-0.3, -0.25) is 4.79 Å². The number of aromatic hydroxyl groups is 1. The van der Waals surface area contributed by atoms with Crippen molar-refractivity contribution in [3.8, 4) is 11.5 Å². The number of aromatic nitrogens is 2. The number of phenolic OH excluding ortho intramolecular Hbond substituents is 1. The van der Waals surface area contributed by atoms with Crippen molar-refractivity contribution in [3.63, 3.8) is 0 Å². The van der Waals surface area contributed by atoms with Gasteiger partial charge in [0.25, 0.3) is 5.91 Å². The van der Waals surface area contributed by atoms with Crippen LogP contribution in [0.1, 0.15) is 47.0 Å². The summed E-state index contributed by atoms with van der Waals surface area (Å²) in [5, 5.41) is 20.6. The summed E-state index contributed by atoms with van der Waals surface area (Å²) in [7, 11) is 0. The van der Waals surface area contributed by atoms with Crippen molar-refractivity contribution in [2.75, 3.05) is 0 Å². The Balaban J connectivity index is 1.83. The van der Waals surface area contributed by atoms with Crippen molar-refractivity contribution in [1.29, 1.82) is 0 Å². The smallest absolute Gasteiger partial charge is 0.264 e. The van der Waals surface area contributed by atoms with E-state index in [1.165, 1.54) is 0 Å². The van der Waals surface area contributed by atoms with Gasteiger partial charge in [0, 0.05) is 12.0 Å². The second-order valence-electron chi connectivity index (χ2n) is 6.84. The van der Waals surface area contributed by atoms with Crippen LogP contribution in [0.3, 0.4) is 0 Å². The van der Waals surface area contributed by atoms with Gasteiger partial charge < -0.3 is 15.2 Å². The number of rotatable bonds is 3. The molecule has 2 N–H and O–H groups in total. The van der Waals surface area contributed by atoms with Crippen molar-refractivity contribution in [2.24, 2.45) is 0 Å². The molecule has 134 valence electrons. The molecular formula is C18H23N3O4. The van der Waals surface area contributed by atoms with E-state index in [1.807, 2.05) is 20.8 Å². The first-order chi connectivity index (χ1) is 11.7. The Hall–Kier alpha value is -2.57. The number of phenols is 1. The molecule has 3 rings (SSSR count). The highest BCUT2D eigenvalue weighted by Crippen LogP contribution is 2.43. The standard InChI is InChI=1S/C18H23N3O4/c1-9-10(2)16-13(11(3)15(9)22)6-7-18(5,24-16)17(23)19-8-14-12(4)20-25-21-14/h22H,6-8H2,1-5H3,(H,19,23)/t18-/m0/s1. The van der Waals surface area contributed by atoms with Crippen LogP contribution >= 0.6 is 0 Å². The van der Waals surface area contributed by atoms with Crippen molar-refractivity contribution in [1.82, 2.24) is 15.6 Å². The SMILES string of the molecule is Cc1nonc1CNC(=O)[C@]1(C)CCc2c(C)c(O)c(C)c(C)c2O1. The maximum Gasteiger partial charge on any atom is 0.264 e. The van der Waals surface area contributed by atoms with Crippen LogP contribution in [0.2, 0.25) is 0 Å². The van der Waals surface area contributed by atoms with Gasteiger partial charge >= 0.3 is 0 Å². The van der Waals surface area contributed by atoms with Gasteiger partial charge in [0.15, 0.2) is 5.60 Å². The highest BCUT2D eigenvalue weighted by atomic mass is 16.6. The first-order valence-corrected chi connectivity index (χ1v) is 8.31. The number of hydrogen-bond donors (Lipinski definition) is 2. The van der Waals surface area contributed by atoms with Crippen LogP contribution in [0.25, 0.3) is 0 Å². The van der Waals surface area contributed by atoms with Gasteiger partial charge in [-0.2, -0.15) is 0 Å². The fourth-order valence-corrected chi connectivity index (χ4v) is 3.17. The minimum absolute atomic E-state index is 0.205. The summed E-state index contributed by atoms with van der Waals surface area (Å²) in [6, 6.07) is 0. The lowest BCUT2D eigenvalue weighted by molar-refractivity contribution is -0.137. The monoisotopic (exact) mass is 345 g/mol. The molecule has 1 atom stereocenters. The van der Waals surface area contributed by atoms with Gasteiger partial charge in [-0.1, -0.05) is 10.3 Å². The van der Waals surface area contributed by atoms with Crippen LogP contribution in [-0.4, -0.2) is 26.9 Å². The Morgan fingerprint density at radius 3 is 2.56 bits per heavy atom. The molecule has 1 aliphatic rings. The topological polar surface area (TPSA) is 97.5 Å². The molecule has 0 bridgehead atoms. The number of carbonyl (C=O) groups excluding carboxylic acids is 1. The largest absolute Gasteiger partial charge is 0.507 e. The van der Waals surface area contributed by atoms with Crippen molar-refractivity contribution in [2.45, 2.75) is 59.6 Å². The van der Waals surface area contributed by atoms with E-state index in [4.69, 9.17) is 4.74 Å². The van der Waals surface area contributed by atoms with Gasteiger partial charge in [0.05, 0.1) is 6.54 Å². The second-order valence-corrected chi connectivity index (χ2v) is 6.84. The molecule has 7 heteroatoms. The van der Waals surface area contributed by atoms with Crippen LogP contribution in [-0.2, 0) is 17.8 Å². The van der Waals surface area contributed by atoms with Gasteiger partial charge in [0.1, 0.15) is 22.9 Å². The maximum absolute atomic E-state index is 12.7. The summed E-state index contributed by atoms with van der Waals surface area (Å²) in [4.78, 5) is 12.7. The van der Waals surface area contributed by atoms with E-state index in [0.29, 0.717) is 35.7 Å². The zero-order chi connectivity index (χ0) is 18.4. The molecule has 0 spiro atoms. The fraction of sp³-hybridized carbons (Fsp3) is 0.500. The quantitative estimate of drug-likeness (QED) is 0.886. The zero-order valence-corrected chi connectivity index (χ0v) is 15.2. The summed E-state index contributed by atoms with van der Waals surface area (Å²) >= 11 is 0. The van der Waals surface area contributed by atoms with E-state index in [9.17, 15) is 9.90 Å². The summed E-state index contributed by atoms with van der Waals surface area (Å²) < 4.78 is 10.8. The molecule has 2 aromatic rings. The molecular weight excluding hydrogens is 322 g/mol. The van der Waals surface area contributed by atoms with Crippen molar-refractivity contribution in [3.05, 3.63) is 33.6 Å². The number of nitrogens with one attached hydrogen (secondary N) is 1. The number of hydrogen-bond acceptors (Lipinski definition) is 6. The molecule has 0 fully saturated rings. The van der Waals surface area contributed by atoms with Gasteiger partial charge in [-0.05, 0) is 57.7 Å². The minimum Gasteiger partial charge on any atom is -0.507 e. The molecule has 7 nitrogen and oxygen atoms in total. The normalized spacial score (nSPS) is 19.2. The zero-order valence-electron chi connectivity index (χ0n) is 15.2. The van der Waals surface area contributed by atoms with Crippen molar-refractivity contribution >= 4 is 5.91 Å². The highest BCUT2D eigenvalue weighted by molar-refractivity contribution is 5.85. The Kier molecular flexibility index (Phi) is 4.18. The van der Waals surface area contributed by atoms with Crippen LogP contribution in [0, 0.1) is 27.7 Å². The van der Waals surface area contributed by atoms with Crippen LogP contribution < -0.4 is 10.1 Å². The maximum atomic E-state index is 12.7. The molecule has 1 aliphatic heterocycles. The second kappa shape index (κ2) is 6.06. The molecule has 0 aliphatic carbocycles. The molecule has 2 heterocycles.